The number of methoxy groups -OCH3 is 1. The van der Waals surface area contributed by atoms with E-state index < -0.39 is 94.1 Å². The van der Waals surface area contributed by atoms with Gasteiger partial charge in [-0.25, -0.2) is 9.59 Å². The number of fused-ring (bicyclic) bond motifs is 4. The topological polar surface area (TPSA) is 167 Å². The van der Waals surface area contributed by atoms with Crippen molar-refractivity contribution in [2.24, 2.45) is 16.7 Å². The largest absolute Gasteiger partial charge is 0.510 e. The Hall–Kier alpha value is -4.10. The lowest BCUT2D eigenvalue weighted by Crippen LogP contribution is -2.83. The van der Waals surface area contributed by atoms with Crippen LogP contribution >= 0.6 is 0 Å². The van der Waals surface area contributed by atoms with Gasteiger partial charge < -0.3 is 33.2 Å². The lowest BCUT2D eigenvalue weighted by molar-refractivity contribution is -0.345. The van der Waals surface area contributed by atoms with E-state index in [2.05, 4.69) is 0 Å². The van der Waals surface area contributed by atoms with Gasteiger partial charge in [-0.05, 0) is 31.6 Å². The Morgan fingerprint density at radius 1 is 0.957 bits per heavy atom. The highest BCUT2D eigenvalue weighted by Crippen LogP contribution is 2.66. The zero-order chi connectivity index (χ0) is 33.6. The molecule has 5 aliphatic rings. The fraction of sp³-hybridized carbons (Fsp3) is 0.576. The summed E-state index contributed by atoms with van der Waals surface area (Å²) in [5, 5.41) is 0. The van der Waals surface area contributed by atoms with Crippen molar-refractivity contribution in [1.29, 1.82) is 0 Å². The lowest BCUT2D eigenvalue weighted by Gasteiger charge is -2.67. The number of rotatable bonds is 5. The summed E-state index contributed by atoms with van der Waals surface area (Å²) in [7, 11) is 1.39. The number of hydrogen-bond acceptors (Lipinski definition) is 13. The van der Waals surface area contributed by atoms with Gasteiger partial charge >= 0.3 is 24.1 Å². The molecular weight excluding hydrogens is 604 g/mol. The first kappa shape index (κ1) is 31.9. The van der Waals surface area contributed by atoms with Crippen LogP contribution in [0.5, 0.6) is 0 Å². The molecule has 0 radical (unpaired) electrons. The van der Waals surface area contributed by atoms with Crippen molar-refractivity contribution in [3.8, 4) is 0 Å². The normalized spacial score (nSPS) is 38.8. The quantitative estimate of drug-likeness (QED) is 0.341. The van der Waals surface area contributed by atoms with Crippen LogP contribution in [0.15, 0.2) is 41.5 Å². The van der Waals surface area contributed by atoms with Gasteiger partial charge in [0.25, 0.3) is 0 Å². The van der Waals surface area contributed by atoms with Gasteiger partial charge in [0.15, 0.2) is 23.6 Å². The van der Waals surface area contributed by atoms with Gasteiger partial charge in [-0.3, -0.25) is 19.2 Å². The molecule has 46 heavy (non-hydrogen) atoms. The van der Waals surface area contributed by atoms with E-state index in [9.17, 15) is 24.0 Å². The van der Waals surface area contributed by atoms with Crippen LogP contribution in [0.2, 0.25) is 0 Å². The van der Waals surface area contributed by atoms with Gasteiger partial charge in [0.2, 0.25) is 17.5 Å². The SMILES string of the molecule is CO[C@H]1C[C@H]2OC[C@@]2(OC(C)=O)C2C(OC(=O)c3ccccc3)[C@]34OC(=O)O[C@H]3C(=O)C(C)=C([C@@H](OC(C)=O)C(=O)[C@@]21C)C4(C)C. The fourth-order valence-electron chi connectivity index (χ4n) is 8.77. The minimum atomic E-state index is -2.14. The molecule has 2 heterocycles. The van der Waals surface area contributed by atoms with Crippen molar-refractivity contribution in [2.45, 2.75) is 89.7 Å². The molecule has 9 atom stereocenters. The van der Waals surface area contributed by atoms with Gasteiger partial charge in [0.05, 0.1) is 29.6 Å². The summed E-state index contributed by atoms with van der Waals surface area (Å²) in [6.07, 6.45) is -7.93. The van der Waals surface area contributed by atoms with E-state index in [0.717, 1.165) is 6.92 Å². The van der Waals surface area contributed by atoms with Crippen molar-refractivity contribution in [2.75, 3.05) is 13.7 Å². The molecule has 2 saturated heterocycles. The maximum atomic E-state index is 15.2. The van der Waals surface area contributed by atoms with E-state index in [-0.39, 0.29) is 29.7 Å². The van der Waals surface area contributed by atoms with E-state index in [1.165, 1.54) is 33.1 Å². The summed E-state index contributed by atoms with van der Waals surface area (Å²) < 4.78 is 41.7. The minimum Gasteiger partial charge on any atom is -0.454 e. The zero-order valence-electron chi connectivity index (χ0n) is 26.6. The van der Waals surface area contributed by atoms with E-state index in [1.807, 2.05) is 0 Å². The summed E-state index contributed by atoms with van der Waals surface area (Å²) in [6, 6.07) is 7.99. The average molecular weight is 641 g/mol. The van der Waals surface area contributed by atoms with Crippen LogP contribution in [0, 0.1) is 16.7 Å². The molecule has 0 aromatic heterocycles. The first-order chi connectivity index (χ1) is 21.6. The van der Waals surface area contributed by atoms with Crippen LogP contribution in [0.4, 0.5) is 4.79 Å². The third-order valence-electron chi connectivity index (χ3n) is 10.7. The summed E-state index contributed by atoms with van der Waals surface area (Å²) >= 11 is 0. The van der Waals surface area contributed by atoms with Crippen molar-refractivity contribution in [3.63, 3.8) is 0 Å². The second-order valence-electron chi connectivity index (χ2n) is 13.3. The van der Waals surface area contributed by atoms with E-state index in [4.69, 9.17) is 33.2 Å². The van der Waals surface area contributed by atoms with E-state index >= 15 is 4.79 Å². The first-order valence-corrected chi connectivity index (χ1v) is 15.0. The summed E-state index contributed by atoms with van der Waals surface area (Å²) in [5.41, 5.74) is -6.87. The van der Waals surface area contributed by atoms with Gasteiger partial charge in [0.1, 0.15) is 6.10 Å². The first-order valence-electron chi connectivity index (χ1n) is 15.0. The van der Waals surface area contributed by atoms with Crippen molar-refractivity contribution >= 4 is 35.6 Å². The van der Waals surface area contributed by atoms with Gasteiger partial charge in [-0.15, -0.1) is 0 Å². The van der Waals surface area contributed by atoms with E-state index in [0.29, 0.717) is 0 Å². The molecule has 2 aliphatic heterocycles. The van der Waals surface area contributed by atoms with Gasteiger partial charge in [-0.1, -0.05) is 32.0 Å². The summed E-state index contributed by atoms with van der Waals surface area (Å²) in [6.45, 7) is 8.33. The highest BCUT2D eigenvalue weighted by Gasteiger charge is 2.83. The average Bonchev–Trinajstić information content (AvgIpc) is 3.35. The zero-order valence-corrected chi connectivity index (χ0v) is 26.6. The van der Waals surface area contributed by atoms with Crippen molar-refractivity contribution in [1.82, 2.24) is 0 Å². The van der Waals surface area contributed by atoms with Gasteiger partial charge in [-0.2, -0.15) is 0 Å². The molecule has 3 aliphatic carbocycles. The maximum Gasteiger partial charge on any atom is 0.510 e. The number of Topliss-reactive ketones (excluding diaryl/α,β-unsaturated/α-hetero) is 2. The van der Waals surface area contributed by atoms with Crippen LogP contribution in [-0.4, -0.2) is 91.1 Å². The van der Waals surface area contributed by atoms with E-state index in [1.54, 1.807) is 39.0 Å². The molecular formula is C33H36O13. The Kier molecular flexibility index (Phi) is 7.25. The molecule has 1 spiro atoms. The van der Waals surface area contributed by atoms with Crippen LogP contribution in [0.3, 0.4) is 0 Å². The third-order valence-corrected chi connectivity index (χ3v) is 10.7. The molecule has 0 amide bonds. The molecule has 2 bridgehead atoms. The Morgan fingerprint density at radius 2 is 1.63 bits per heavy atom. The van der Waals surface area contributed by atoms with Crippen LogP contribution in [-0.2, 0) is 52.3 Å². The Morgan fingerprint density at radius 3 is 2.20 bits per heavy atom. The summed E-state index contributed by atoms with van der Waals surface area (Å²) in [4.78, 5) is 82.0. The molecule has 2 saturated carbocycles. The Balaban J connectivity index is 1.74. The number of esters is 3. The van der Waals surface area contributed by atoms with Crippen molar-refractivity contribution < 1.29 is 61.9 Å². The number of benzene rings is 1. The fourth-order valence-corrected chi connectivity index (χ4v) is 8.77. The van der Waals surface area contributed by atoms with Crippen molar-refractivity contribution in [3.05, 3.63) is 47.0 Å². The maximum absolute atomic E-state index is 15.2. The monoisotopic (exact) mass is 640 g/mol. The second kappa shape index (κ2) is 10.5. The number of ether oxygens (including phenoxy) is 7. The standard InChI is InChI=1S/C33H36O13/c1-15-21-23(42-16(2)34)25(37)31(6)19(40-7)13-20-32(14-41-20,45-17(3)35)24(31)27(43-28(38)18-11-9-8-10-12-18)33(30(21,4)5)26(22(15)36)44-29(39)46-33/h8-12,19-20,23-24,26-27H,13-14H2,1-7H3/t19-,20+,23+,24?,26-,27?,31+,32-,33+/m0/s1. The molecule has 1 aromatic carbocycles. The van der Waals surface area contributed by atoms with Gasteiger partial charge in [0, 0.05) is 38.4 Å². The minimum absolute atomic E-state index is 0.0306. The summed E-state index contributed by atoms with van der Waals surface area (Å²) in [5.74, 6) is -5.16. The Labute approximate surface area is 264 Å². The smallest absolute Gasteiger partial charge is 0.454 e. The molecule has 0 N–H and O–H groups in total. The third kappa shape index (κ3) is 4.00. The molecule has 2 unspecified atom stereocenters. The lowest BCUT2D eigenvalue weighted by atomic mass is 9.44. The number of carbonyl (C=O) groups excluding carboxylic acids is 6. The predicted molar refractivity (Wildman–Crippen MR) is 153 cm³/mol. The highest BCUT2D eigenvalue weighted by atomic mass is 16.8. The molecule has 1 aromatic rings. The predicted octanol–water partition coefficient (Wildman–Crippen LogP) is 2.67. The molecule has 246 valence electrons. The molecule has 13 heteroatoms. The molecule has 6 rings (SSSR count). The van der Waals surface area contributed by atoms with Crippen LogP contribution in [0.1, 0.15) is 58.3 Å². The molecule has 4 fully saturated rings. The van der Waals surface area contributed by atoms with Crippen LogP contribution < -0.4 is 0 Å². The second-order valence-corrected chi connectivity index (χ2v) is 13.3. The Bertz CT molecular complexity index is 1580. The highest BCUT2D eigenvalue weighted by molar-refractivity contribution is 6.06. The number of ketones is 2. The number of hydrogen-bond donors (Lipinski definition) is 0. The molecule has 13 nitrogen and oxygen atoms in total. The van der Waals surface area contributed by atoms with Crippen LogP contribution in [0.25, 0.3) is 0 Å². The number of carbonyl (C=O) groups is 6.